The van der Waals surface area contributed by atoms with Crippen LogP contribution in [0.25, 0.3) is 0 Å². The van der Waals surface area contributed by atoms with Crippen molar-refractivity contribution < 1.29 is 14.6 Å². The number of benzene rings is 1. The second kappa shape index (κ2) is 6.01. The SMILES string of the molecule is Cc1ccc(C(=O)OO[C]2CCC(C)CC2)cc1. The number of hydrogen-bond acceptors (Lipinski definition) is 3. The van der Waals surface area contributed by atoms with E-state index in [4.69, 9.17) is 9.78 Å². The number of hydrogen-bond donors (Lipinski definition) is 0. The number of rotatable bonds is 3. The van der Waals surface area contributed by atoms with Crippen LogP contribution in [0.15, 0.2) is 24.3 Å². The van der Waals surface area contributed by atoms with Crippen molar-refractivity contribution in [3.05, 3.63) is 41.5 Å². The molecule has 0 bridgehead atoms. The van der Waals surface area contributed by atoms with Crippen molar-refractivity contribution in [2.75, 3.05) is 0 Å². The zero-order valence-electron chi connectivity index (χ0n) is 10.9. The fourth-order valence-corrected chi connectivity index (χ4v) is 2.00. The Morgan fingerprint density at radius 3 is 2.39 bits per heavy atom. The lowest BCUT2D eigenvalue weighted by molar-refractivity contribution is -0.240. The summed E-state index contributed by atoms with van der Waals surface area (Å²) in [6.07, 6.45) is 4.88. The molecule has 0 unspecified atom stereocenters. The van der Waals surface area contributed by atoms with Gasteiger partial charge in [-0.2, -0.15) is 4.89 Å². The fourth-order valence-electron chi connectivity index (χ4n) is 2.00. The molecule has 1 aromatic carbocycles. The molecule has 0 aromatic heterocycles. The number of aryl methyl sites for hydroxylation is 1. The van der Waals surface area contributed by atoms with Gasteiger partial charge in [0.15, 0.2) is 0 Å². The Morgan fingerprint density at radius 1 is 1.17 bits per heavy atom. The minimum Gasteiger partial charge on any atom is -0.292 e. The van der Waals surface area contributed by atoms with Crippen molar-refractivity contribution in [1.82, 2.24) is 0 Å². The van der Waals surface area contributed by atoms with E-state index >= 15 is 0 Å². The van der Waals surface area contributed by atoms with Crippen LogP contribution in [0.1, 0.15) is 48.5 Å². The van der Waals surface area contributed by atoms with Gasteiger partial charge in [0, 0.05) is 0 Å². The van der Waals surface area contributed by atoms with Crippen LogP contribution in [-0.4, -0.2) is 5.97 Å². The average molecular weight is 247 g/mol. The summed E-state index contributed by atoms with van der Waals surface area (Å²) >= 11 is 0. The molecule has 1 aliphatic carbocycles. The van der Waals surface area contributed by atoms with Crippen LogP contribution < -0.4 is 0 Å². The van der Waals surface area contributed by atoms with Crippen molar-refractivity contribution in [2.45, 2.75) is 39.5 Å². The molecule has 97 valence electrons. The summed E-state index contributed by atoms with van der Waals surface area (Å²) in [5.74, 6) is 0.311. The molecule has 0 atom stereocenters. The first kappa shape index (κ1) is 13.1. The quantitative estimate of drug-likeness (QED) is 0.601. The van der Waals surface area contributed by atoms with Crippen LogP contribution in [-0.2, 0) is 9.78 Å². The van der Waals surface area contributed by atoms with E-state index < -0.39 is 5.97 Å². The summed E-state index contributed by atoms with van der Waals surface area (Å²) in [5, 5.41) is 0. The predicted molar refractivity (Wildman–Crippen MR) is 68.6 cm³/mol. The molecule has 3 heteroatoms. The Hall–Kier alpha value is -1.35. The lowest BCUT2D eigenvalue weighted by Gasteiger charge is -2.23. The first-order chi connectivity index (χ1) is 8.65. The van der Waals surface area contributed by atoms with E-state index in [-0.39, 0.29) is 0 Å². The van der Waals surface area contributed by atoms with Gasteiger partial charge in [0.05, 0.1) is 5.56 Å². The normalized spacial score (nSPS) is 17.7. The third-order valence-corrected chi connectivity index (χ3v) is 3.35. The van der Waals surface area contributed by atoms with E-state index in [0.717, 1.165) is 43.3 Å². The van der Waals surface area contributed by atoms with E-state index in [1.54, 1.807) is 12.1 Å². The summed E-state index contributed by atoms with van der Waals surface area (Å²) in [5.41, 5.74) is 1.63. The maximum absolute atomic E-state index is 11.7. The van der Waals surface area contributed by atoms with Crippen LogP contribution >= 0.6 is 0 Å². The molecule has 0 spiro atoms. The highest BCUT2D eigenvalue weighted by Crippen LogP contribution is 2.30. The Morgan fingerprint density at radius 2 is 1.78 bits per heavy atom. The predicted octanol–water partition coefficient (Wildman–Crippen LogP) is 3.83. The van der Waals surface area contributed by atoms with Crippen molar-refractivity contribution in [3.63, 3.8) is 0 Å². The molecule has 0 N–H and O–H groups in total. The highest BCUT2D eigenvalue weighted by Gasteiger charge is 2.22. The molecule has 3 nitrogen and oxygen atoms in total. The zero-order valence-corrected chi connectivity index (χ0v) is 10.9. The van der Waals surface area contributed by atoms with Crippen molar-refractivity contribution in [1.29, 1.82) is 0 Å². The van der Waals surface area contributed by atoms with E-state index in [2.05, 4.69) is 6.92 Å². The topological polar surface area (TPSA) is 35.5 Å². The molecular weight excluding hydrogens is 228 g/mol. The zero-order chi connectivity index (χ0) is 13.0. The van der Waals surface area contributed by atoms with Gasteiger partial charge in [-0.1, -0.05) is 24.6 Å². The van der Waals surface area contributed by atoms with E-state index in [1.165, 1.54) is 0 Å². The van der Waals surface area contributed by atoms with Crippen LogP contribution in [0.5, 0.6) is 0 Å². The highest BCUT2D eigenvalue weighted by molar-refractivity contribution is 5.88. The third-order valence-electron chi connectivity index (χ3n) is 3.35. The first-order valence-corrected chi connectivity index (χ1v) is 6.45. The van der Waals surface area contributed by atoms with Gasteiger partial charge in [-0.3, -0.25) is 4.89 Å². The molecule has 18 heavy (non-hydrogen) atoms. The molecule has 1 radical (unpaired) electrons. The van der Waals surface area contributed by atoms with Crippen molar-refractivity contribution in [2.24, 2.45) is 5.92 Å². The van der Waals surface area contributed by atoms with Crippen molar-refractivity contribution in [3.8, 4) is 0 Å². The molecule has 1 fully saturated rings. The van der Waals surface area contributed by atoms with Gasteiger partial charge in [-0.25, -0.2) is 4.79 Å². The third kappa shape index (κ3) is 3.57. The smallest absolute Gasteiger partial charge is 0.292 e. The van der Waals surface area contributed by atoms with Gasteiger partial charge in [-0.15, -0.1) is 0 Å². The summed E-state index contributed by atoms with van der Waals surface area (Å²) in [6, 6.07) is 7.25. The number of carbonyl (C=O) groups excluding carboxylic acids is 1. The molecule has 0 heterocycles. The van der Waals surface area contributed by atoms with Crippen molar-refractivity contribution >= 4 is 5.97 Å². The molecule has 2 rings (SSSR count). The second-order valence-corrected chi connectivity index (χ2v) is 5.04. The summed E-state index contributed by atoms with van der Waals surface area (Å²) in [7, 11) is 0. The lowest BCUT2D eigenvalue weighted by Crippen LogP contribution is -2.16. The minimum absolute atomic E-state index is 0.430. The summed E-state index contributed by atoms with van der Waals surface area (Å²) in [4.78, 5) is 21.7. The maximum Gasteiger partial charge on any atom is 0.373 e. The van der Waals surface area contributed by atoms with Crippen LogP contribution in [0.3, 0.4) is 0 Å². The molecule has 0 amide bonds. The first-order valence-electron chi connectivity index (χ1n) is 6.45. The summed E-state index contributed by atoms with van der Waals surface area (Å²) < 4.78 is 0. The second-order valence-electron chi connectivity index (χ2n) is 5.04. The molecule has 0 aliphatic heterocycles. The van der Waals surface area contributed by atoms with Gasteiger partial charge in [0.2, 0.25) is 0 Å². The van der Waals surface area contributed by atoms with Gasteiger partial charge in [0.25, 0.3) is 0 Å². The maximum atomic E-state index is 11.7. The Labute approximate surface area is 108 Å². The minimum atomic E-state index is -0.430. The van der Waals surface area contributed by atoms with E-state index in [9.17, 15) is 4.79 Å². The molecule has 1 aromatic rings. The lowest BCUT2D eigenvalue weighted by atomic mass is 9.89. The Bertz CT molecular complexity index is 389. The van der Waals surface area contributed by atoms with Crippen LogP contribution in [0, 0.1) is 18.9 Å². The average Bonchev–Trinajstić information content (AvgIpc) is 2.38. The molecular formula is C15H19O3. The Kier molecular flexibility index (Phi) is 4.37. The van der Waals surface area contributed by atoms with Gasteiger partial charge >= 0.3 is 5.97 Å². The Balaban J connectivity index is 1.79. The monoisotopic (exact) mass is 247 g/mol. The largest absolute Gasteiger partial charge is 0.373 e. The van der Waals surface area contributed by atoms with Gasteiger partial charge in [-0.05, 0) is 50.7 Å². The molecule has 0 saturated heterocycles. The standard InChI is InChI=1S/C15H19O3/c1-11-3-7-13(8-4-11)15(16)18-17-14-9-5-12(2)6-10-14/h3-4,7-8,12H,5-6,9-10H2,1-2H3. The van der Waals surface area contributed by atoms with Gasteiger partial charge < -0.3 is 0 Å². The van der Waals surface area contributed by atoms with Gasteiger partial charge in [0.1, 0.15) is 6.10 Å². The molecule has 1 saturated carbocycles. The molecule has 1 aliphatic rings. The van der Waals surface area contributed by atoms with Crippen LogP contribution in [0.2, 0.25) is 0 Å². The number of carbonyl (C=O) groups is 1. The highest BCUT2D eigenvalue weighted by atomic mass is 17.2. The van der Waals surface area contributed by atoms with E-state index in [1.807, 2.05) is 19.1 Å². The summed E-state index contributed by atoms with van der Waals surface area (Å²) in [6.45, 7) is 4.21. The fraction of sp³-hybridized carbons (Fsp3) is 0.467. The van der Waals surface area contributed by atoms with E-state index in [0.29, 0.717) is 5.56 Å². The van der Waals surface area contributed by atoms with Crippen LogP contribution in [0.4, 0.5) is 0 Å².